The SMILES string of the molecule is Cc1nc(C2CSCCN2C)nc(N)c1C(C)C. The summed E-state index contributed by atoms with van der Waals surface area (Å²) < 4.78 is 0. The monoisotopic (exact) mass is 266 g/mol. The number of rotatable bonds is 2. The lowest BCUT2D eigenvalue weighted by Gasteiger charge is -2.31. The summed E-state index contributed by atoms with van der Waals surface area (Å²) in [6, 6.07) is 0.297. The third kappa shape index (κ3) is 2.62. The van der Waals surface area contributed by atoms with Crippen LogP contribution >= 0.6 is 11.8 Å². The van der Waals surface area contributed by atoms with Gasteiger partial charge in [-0.15, -0.1) is 0 Å². The molecule has 1 atom stereocenters. The Morgan fingerprint density at radius 3 is 2.67 bits per heavy atom. The van der Waals surface area contributed by atoms with Crippen LogP contribution in [0.5, 0.6) is 0 Å². The molecule has 5 heteroatoms. The number of thioether (sulfide) groups is 1. The van der Waals surface area contributed by atoms with Crippen LogP contribution in [0.3, 0.4) is 0 Å². The van der Waals surface area contributed by atoms with Crippen molar-refractivity contribution < 1.29 is 0 Å². The number of anilines is 1. The van der Waals surface area contributed by atoms with Gasteiger partial charge in [0.15, 0.2) is 0 Å². The largest absolute Gasteiger partial charge is 0.383 e. The molecule has 0 amide bonds. The number of nitrogen functional groups attached to an aromatic ring is 1. The van der Waals surface area contributed by atoms with Gasteiger partial charge in [0, 0.05) is 29.3 Å². The molecule has 0 radical (unpaired) electrons. The zero-order valence-corrected chi connectivity index (χ0v) is 12.4. The molecule has 2 rings (SSSR count). The standard InChI is InChI=1S/C13H22N4S/c1-8(2)11-9(3)15-13(16-12(11)14)10-7-18-6-5-17(10)4/h8,10H,5-7H2,1-4H3,(H2,14,15,16). The molecule has 2 heterocycles. The first-order valence-electron chi connectivity index (χ1n) is 6.42. The van der Waals surface area contributed by atoms with Gasteiger partial charge in [-0.3, -0.25) is 4.90 Å². The molecule has 18 heavy (non-hydrogen) atoms. The second-order valence-corrected chi connectivity index (χ2v) is 6.34. The number of nitrogens with zero attached hydrogens (tertiary/aromatic N) is 3. The molecule has 1 aromatic heterocycles. The Bertz CT molecular complexity index is 410. The highest BCUT2D eigenvalue weighted by Crippen LogP contribution is 2.29. The Labute approximate surface area is 113 Å². The van der Waals surface area contributed by atoms with Crippen LogP contribution in [0.1, 0.15) is 42.9 Å². The van der Waals surface area contributed by atoms with Gasteiger partial charge in [-0.25, -0.2) is 9.97 Å². The van der Waals surface area contributed by atoms with Gasteiger partial charge >= 0.3 is 0 Å². The summed E-state index contributed by atoms with van der Waals surface area (Å²) >= 11 is 1.96. The summed E-state index contributed by atoms with van der Waals surface area (Å²) in [5, 5.41) is 0. The molecule has 0 saturated carbocycles. The maximum atomic E-state index is 6.10. The first-order valence-corrected chi connectivity index (χ1v) is 7.58. The highest BCUT2D eigenvalue weighted by molar-refractivity contribution is 7.99. The summed E-state index contributed by atoms with van der Waals surface area (Å²) in [4.78, 5) is 11.5. The van der Waals surface area contributed by atoms with Crippen LogP contribution < -0.4 is 5.73 Å². The number of nitrogens with two attached hydrogens (primary N) is 1. The van der Waals surface area contributed by atoms with Crippen molar-refractivity contribution >= 4 is 17.6 Å². The quantitative estimate of drug-likeness (QED) is 0.889. The van der Waals surface area contributed by atoms with Gasteiger partial charge in [0.05, 0.1) is 6.04 Å². The number of aromatic nitrogens is 2. The fraction of sp³-hybridized carbons (Fsp3) is 0.692. The molecule has 0 aromatic carbocycles. The molecular weight excluding hydrogens is 244 g/mol. The van der Waals surface area contributed by atoms with E-state index in [9.17, 15) is 0 Å². The molecule has 100 valence electrons. The molecule has 1 fully saturated rings. The lowest BCUT2D eigenvalue weighted by atomic mass is 10.0. The van der Waals surface area contributed by atoms with Crippen LogP contribution in [-0.2, 0) is 0 Å². The van der Waals surface area contributed by atoms with E-state index in [1.54, 1.807) is 0 Å². The van der Waals surface area contributed by atoms with E-state index in [-0.39, 0.29) is 0 Å². The maximum Gasteiger partial charge on any atom is 0.148 e. The molecule has 1 aliphatic rings. The normalized spacial score (nSPS) is 21.5. The lowest BCUT2D eigenvalue weighted by Crippen LogP contribution is -2.34. The molecular formula is C13H22N4S. The smallest absolute Gasteiger partial charge is 0.148 e. The second kappa shape index (κ2) is 5.45. The average Bonchev–Trinajstić information content (AvgIpc) is 2.27. The first-order chi connectivity index (χ1) is 8.50. The van der Waals surface area contributed by atoms with Crippen molar-refractivity contribution in [3.63, 3.8) is 0 Å². The number of aryl methyl sites for hydroxylation is 1. The summed E-state index contributed by atoms with van der Waals surface area (Å²) in [5.41, 5.74) is 8.21. The van der Waals surface area contributed by atoms with E-state index in [0.29, 0.717) is 17.8 Å². The summed E-state index contributed by atoms with van der Waals surface area (Å²) in [7, 11) is 2.13. The topological polar surface area (TPSA) is 55.0 Å². The van der Waals surface area contributed by atoms with Gasteiger partial charge in [-0.1, -0.05) is 13.8 Å². The molecule has 1 saturated heterocycles. The van der Waals surface area contributed by atoms with Crippen LogP contribution in [-0.4, -0.2) is 40.0 Å². The van der Waals surface area contributed by atoms with Crippen molar-refractivity contribution in [1.29, 1.82) is 0 Å². The van der Waals surface area contributed by atoms with E-state index in [0.717, 1.165) is 29.4 Å². The fourth-order valence-corrected chi connectivity index (χ4v) is 3.66. The summed E-state index contributed by atoms with van der Waals surface area (Å²) in [6.45, 7) is 7.38. The van der Waals surface area contributed by atoms with E-state index in [1.165, 1.54) is 5.75 Å². The van der Waals surface area contributed by atoms with Gasteiger partial charge in [0.2, 0.25) is 0 Å². The van der Waals surface area contributed by atoms with Crippen molar-refractivity contribution in [3.8, 4) is 0 Å². The maximum absolute atomic E-state index is 6.10. The third-order valence-corrected chi connectivity index (χ3v) is 4.48. The highest BCUT2D eigenvalue weighted by Gasteiger charge is 2.25. The van der Waals surface area contributed by atoms with Crippen molar-refractivity contribution in [2.24, 2.45) is 0 Å². The number of hydrogen-bond acceptors (Lipinski definition) is 5. The van der Waals surface area contributed by atoms with E-state index >= 15 is 0 Å². The van der Waals surface area contributed by atoms with Crippen molar-refractivity contribution in [2.75, 3.05) is 30.8 Å². The zero-order chi connectivity index (χ0) is 13.3. The Hall–Kier alpha value is -0.810. The fourth-order valence-electron chi connectivity index (χ4n) is 2.45. The Kier molecular flexibility index (Phi) is 4.12. The lowest BCUT2D eigenvalue weighted by molar-refractivity contribution is 0.264. The highest BCUT2D eigenvalue weighted by atomic mass is 32.2. The molecule has 0 aliphatic carbocycles. The number of hydrogen-bond donors (Lipinski definition) is 1. The first kappa shape index (κ1) is 13.6. The molecule has 1 aliphatic heterocycles. The van der Waals surface area contributed by atoms with E-state index in [4.69, 9.17) is 5.73 Å². The molecule has 0 bridgehead atoms. The van der Waals surface area contributed by atoms with Crippen molar-refractivity contribution in [3.05, 3.63) is 17.1 Å². The van der Waals surface area contributed by atoms with Gasteiger partial charge in [-0.2, -0.15) is 11.8 Å². The van der Waals surface area contributed by atoms with E-state index < -0.39 is 0 Å². The van der Waals surface area contributed by atoms with Gasteiger partial charge in [0.25, 0.3) is 0 Å². The Morgan fingerprint density at radius 1 is 1.39 bits per heavy atom. The van der Waals surface area contributed by atoms with Gasteiger partial charge in [-0.05, 0) is 19.9 Å². The van der Waals surface area contributed by atoms with Crippen LogP contribution in [0.2, 0.25) is 0 Å². The minimum atomic E-state index is 0.297. The average molecular weight is 266 g/mol. The van der Waals surface area contributed by atoms with E-state index in [2.05, 4.69) is 35.8 Å². The van der Waals surface area contributed by atoms with Crippen molar-refractivity contribution in [1.82, 2.24) is 14.9 Å². The summed E-state index contributed by atoms with van der Waals surface area (Å²) in [6.07, 6.45) is 0. The van der Waals surface area contributed by atoms with Crippen LogP contribution in [0.4, 0.5) is 5.82 Å². The Balaban J connectivity index is 2.35. The predicted octanol–water partition coefficient (Wildman–Crippen LogP) is 2.21. The third-order valence-electron chi connectivity index (χ3n) is 3.45. The summed E-state index contributed by atoms with van der Waals surface area (Å²) in [5.74, 6) is 4.14. The molecule has 4 nitrogen and oxygen atoms in total. The van der Waals surface area contributed by atoms with Crippen LogP contribution in [0, 0.1) is 6.92 Å². The van der Waals surface area contributed by atoms with Crippen LogP contribution in [0.15, 0.2) is 0 Å². The Morgan fingerprint density at radius 2 is 2.11 bits per heavy atom. The minimum Gasteiger partial charge on any atom is -0.383 e. The molecule has 1 aromatic rings. The van der Waals surface area contributed by atoms with Gasteiger partial charge < -0.3 is 5.73 Å². The molecule has 2 N–H and O–H groups in total. The van der Waals surface area contributed by atoms with Crippen LogP contribution in [0.25, 0.3) is 0 Å². The van der Waals surface area contributed by atoms with Crippen molar-refractivity contribution in [2.45, 2.75) is 32.7 Å². The molecule has 1 unspecified atom stereocenters. The second-order valence-electron chi connectivity index (χ2n) is 5.19. The van der Waals surface area contributed by atoms with Gasteiger partial charge in [0.1, 0.15) is 11.6 Å². The predicted molar refractivity (Wildman–Crippen MR) is 78.0 cm³/mol. The zero-order valence-electron chi connectivity index (χ0n) is 11.6. The minimum absolute atomic E-state index is 0.297. The van der Waals surface area contributed by atoms with E-state index in [1.807, 2.05) is 18.7 Å². The molecule has 0 spiro atoms.